The van der Waals surface area contributed by atoms with Gasteiger partial charge in [-0.25, -0.2) is 0 Å². The molecule has 26 heavy (non-hydrogen) atoms. The van der Waals surface area contributed by atoms with Crippen LogP contribution >= 0.6 is 0 Å². The molecule has 1 aliphatic carbocycles. The quantitative estimate of drug-likeness (QED) is 0.629. The summed E-state index contributed by atoms with van der Waals surface area (Å²) in [6.07, 6.45) is 7.37. The van der Waals surface area contributed by atoms with Gasteiger partial charge in [-0.3, -0.25) is 9.59 Å². The van der Waals surface area contributed by atoms with E-state index in [2.05, 4.69) is 10.6 Å². The number of rotatable bonds is 10. The predicted molar refractivity (Wildman–Crippen MR) is 103 cm³/mol. The first kappa shape index (κ1) is 20.4. The van der Waals surface area contributed by atoms with Crippen molar-refractivity contribution in [1.82, 2.24) is 10.6 Å². The van der Waals surface area contributed by atoms with Crippen LogP contribution in [-0.4, -0.2) is 31.5 Å². The minimum atomic E-state index is -0.141. The predicted octanol–water partition coefficient (Wildman–Crippen LogP) is 3.36. The van der Waals surface area contributed by atoms with E-state index in [9.17, 15) is 9.59 Å². The third kappa shape index (κ3) is 8.00. The first-order chi connectivity index (χ1) is 12.6. The SMILES string of the molecule is CC(OCCCNC(=O)CNC(=O)CC1CCCCC1)c1ccccc1. The Morgan fingerprint density at radius 3 is 2.54 bits per heavy atom. The van der Waals surface area contributed by atoms with Crippen LogP contribution in [0.5, 0.6) is 0 Å². The molecule has 0 radical (unpaired) electrons. The molecule has 2 amide bonds. The lowest BCUT2D eigenvalue weighted by Crippen LogP contribution is -2.38. The molecule has 1 aromatic rings. The smallest absolute Gasteiger partial charge is 0.239 e. The molecule has 0 spiro atoms. The van der Waals surface area contributed by atoms with Gasteiger partial charge in [-0.05, 0) is 37.7 Å². The fourth-order valence-corrected chi connectivity index (χ4v) is 3.35. The summed E-state index contributed by atoms with van der Waals surface area (Å²) in [5.74, 6) is 0.348. The Kier molecular flexibility index (Phi) is 9.18. The number of carbonyl (C=O) groups excluding carboxylic acids is 2. The van der Waals surface area contributed by atoms with Crippen LogP contribution in [-0.2, 0) is 14.3 Å². The van der Waals surface area contributed by atoms with Crippen LogP contribution in [0, 0.1) is 5.92 Å². The molecule has 0 bridgehead atoms. The van der Waals surface area contributed by atoms with Crippen molar-refractivity contribution in [2.24, 2.45) is 5.92 Å². The number of amides is 2. The lowest BCUT2D eigenvalue weighted by Gasteiger charge is -2.20. The monoisotopic (exact) mass is 360 g/mol. The van der Waals surface area contributed by atoms with E-state index in [0.29, 0.717) is 25.5 Å². The van der Waals surface area contributed by atoms with Crippen LogP contribution in [0.3, 0.4) is 0 Å². The van der Waals surface area contributed by atoms with Gasteiger partial charge >= 0.3 is 0 Å². The van der Waals surface area contributed by atoms with Crippen molar-refractivity contribution in [2.45, 2.75) is 58.0 Å². The molecular formula is C21H32N2O3. The molecular weight excluding hydrogens is 328 g/mol. The Morgan fingerprint density at radius 2 is 1.81 bits per heavy atom. The fraction of sp³-hybridized carbons (Fsp3) is 0.619. The minimum Gasteiger partial charge on any atom is -0.374 e. The van der Waals surface area contributed by atoms with Gasteiger partial charge in [-0.15, -0.1) is 0 Å². The first-order valence-corrected chi connectivity index (χ1v) is 9.85. The molecule has 1 saturated carbocycles. The van der Waals surface area contributed by atoms with E-state index in [-0.39, 0.29) is 24.5 Å². The average molecular weight is 360 g/mol. The summed E-state index contributed by atoms with van der Waals surface area (Å²) in [6, 6.07) is 10.1. The molecule has 0 saturated heterocycles. The van der Waals surface area contributed by atoms with E-state index in [1.54, 1.807) is 0 Å². The number of hydrogen-bond acceptors (Lipinski definition) is 3. The van der Waals surface area contributed by atoms with Crippen LogP contribution < -0.4 is 10.6 Å². The molecule has 1 atom stereocenters. The maximum absolute atomic E-state index is 11.9. The highest BCUT2D eigenvalue weighted by molar-refractivity contribution is 5.84. The molecule has 5 nitrogen and oxygen atoms in total. The van der Waals surface area contributed by atoms with Crippen LogP contribution in [0.1, 0.15) is 63.5 Å². The van der Waals surface area contributed by atoms with Crippen LogP contribution in [0.4, 0.5) is 0 Å². The standard InChI is InChI=1S/C21H32N2O3/c1-17(19-11-6-3-7-12-19)26-14-8-13-22-21(25)16-23-20(24)15-18-9-4-2-5-10-18/h3,6-7,11-12,17-18H,2,4-5,8-10,13-16H2,1H3,(H,22,25)(H,23,24). The van der Waals surface area contributed by atoms with Gasteiger partial charge in [-0.2, -0.15) is 0 Å². The Labute approximate surface area is 156 Å². The Balaban J connectivity index is 1.49. The van der Waals surface area contributed by atoms with Crippen LogP contribution in [0.15, 0.2) is 30.3 Å². The summed E-state index contributed by atoms with van der Waals surface area (Å²) in [5, 5.41) is 5.55. The molecule has 2 rings (SSSR count). The largest absolute Gasteiger partial charge is 0.374 e. The molecule has 0 aromatic heterocycles. The molecule has 144 valence electrons. The Hall–Kier alpha value is -1.88. The van der Waals surface area contributed by atoms with Gasteiger partial charge < -0.3 is 15.4 Å². The second-order valence-corrected chi connectivity index (χ2v) is 7.11. The summed E-state index contributed by atoms with van der Waals surface area (Å²) < 4.78 is 5.77. The van der Waals surface area contributed by atoms with Gasteiger partial charge in [0, 0.05) is 19.6 Å². The third-order valence-electron chi connectivity index (χ3n) is 4.93. The summed E-state index contributed by atoms with van der Waals surface area (Å²) in [6.45, 7) is 3.23. The van der Waals surface area contributed by atoms with Crippen molar-refractivity contribution in [3.63, 3.8) is 0 Å². The molecule has 1 aromatic carbocycles. The molecule has 1 aliphatic rings. The van der Waals surface area contributed by atoms with E-state index in [1.807, 2.05) is 37.3 Å². The second kappa shape index (κ2) is 11.7. The van der Waals surface area contributed by atoms with E-state index < -0.39 is 0 Å². The number of carbonyl (C=O) groups is 2. The molecule has 0 aliphatic heterocycles. The molecule has 1 unspecified atom stereocenters. The molecule has 0 heterocycles. The highest BCUT2D eigenvalue weighted by Crippen LogP contribution is 2.25. The van der Waals surface area contributed by atoms with Gasteiger partial charge in [0.1, 0.15) is 0 Å². The van der Waals surface area contributed by atoms with E-state index in [1.165, 1.54) is 19.3 Å². The number of hydrogen-bond donors (Lipinski definition) is 2. The van der Waals surface area contributed by atoms with Gasteiger partial charge in [-0.1, -0.05) is 49.6 Å². The zero-order valence-corrected chi connectivity index (χ0v) is 15.8. The average Bonchev–Trinajstić information content (AvgIpc) is 2.67. The van der Waals surface area contributed by atoms with Gasteiger partial charge in [0.15, 0.2) is 0 Å². The highest BCUT2D eigenvalue weighted by atomic mass is 16.5. The van der Waals surface area contributed by atoms with Crippen molar-refractivity contribution in [2.75, 3.05) is 19.7 Å². The summed E-state index contributed by atoms with van der Waals surface area (Å²) >= 11 is 0. The van der Waals surface area contributed by atoms with Gasteiger partial charge in [0.05, 0.1) is 12.6 Å². The fourth-order valence-electron chi connectivity index (χ4n) is 3.35. The zero-order chi connectivity index (χ0) is 18.6. The van der Waals surface area contributed by atoms with Crippen molar-refractivity contribution in [3.8, 4) is 0 Å². The van der Waals surface area contributed by atoms with E-state index >= 15 is 0 Å². The Bertz CT molecular complexity index is 541. The summed E-state index contributed by atoms with van der Waals surface area (Å²) in [7, 11) is 0. The summed E-state index contributed by atoms with van der Waals surface area (Å²) in [5.41, 5.74) is 1.15. The lowest BCUT2D eigenvalue weighted by molar-refractivity contribution is -0.126. The normalized spacial score (nSPS) is 16.0. The second-order valence-electron chi connectivity index (χ2n) is 7.11. The number of ether oxygens (including phenoxy) is 1. The van der Waals surface area contributed by atoms with Crippen molar-refractivity contribution in [3.05, 3.63) is 35.9 Å². The van der Waals surface area contributed by atoms with Gasteiger partial charge in [0.25, 0.3) is 0 Å². The molecule has 5 heteroatoms. The minimum absolute atomic E-state index is 0.00734. The number of nitrogens with one attached hydrogen (secondary N) is 2. The maximum atomic E-state index is 11.9. The van der Waals surface area contributed by atoms with Crippen LogP contribution in [0.25, 0.3) is 0 Å². The lowest BCUT2D eigenvalue weighted by atomic mass is 9.87. The van der Waals surface area contributed by atoms with Crippen molar-refractivity contribution >= 4 is 11.8 Å². The van der Waals surface area contributed by atoms with Gasteiger partial charge in [0.2, 0.25) is 11.8 Å². The van der Waals surface area contributed by atoms with E-state index in [4.69, 9.17) is 4.74 Å². The van der Waals surface area contributed by atoms with Crippen molar-refractivity contribution in [1.29, 1.82) is 0 Å². The van der Waals surface area contributed by atoms with Crippen LogP contribution in [0.2, 0.25) is 0 Å². The maximum Gasteiger partial charge on any atom is 0.239 e. The van der Waals surface area contributed by atoms with E-state index in [0.717, 1.165) is 24.8 Å². The molecule has 1 fully saturated rings. The summed E-state index contributed by atoms with van der Waals surface area (Å²) in [4.78, 5) is 23.7. The Morgan fingerprint density at radius 1 is 1.08 bits per heavy atom. The molecule has 2 N–H and O–H groups in total. The number of benzene rings is 1. The zero-order valence-electron chi connectivity index (χ0n) is 15.8. The topological polar surface area (TPSA) is 67.4 Å². The third-order valence-corrected chi connectivity index (χ3v) is 4.93. The first-order valence-electron chi connectivity index (χ1n) is 9.85. The highest BCUT2D eigenvalue weighted by Gasteiger charge is 2.17. The van der Waals surface area contributed by atoms with Crippen molar-refractivity contribution < 1.29 is 14.3 Å².